The molecule has 2 N–H and O–H groups in total. The van der Waals surface area contributed by atoms with E-state index in [4.69, 9.17) is 14.4 Å². The molecule has 1 heterocycles. The Morgan fingerprint density at radius 1 is 1.04 bits per heavy atom. The van der Waals surface area contributed by atoms with E-state index in [1.165, 1.54) is 0 Å². The molecule has 0 aliphatic carbocycles. The Bertz CT molecular complexity index is 750. The van der Waals surface area contributed by atoms with E-state index in [0.717, 1.165) is 11.1 Å². The van der Waals surface area contributed by atoms with Gasteiger partial charge >= 0.3 is 6.09 Å². The summed E-state index contributed by atoms with van der Waals surface area (Å²) in [5.41, 5.74) is 1.76. The molecule has 8 nitrogen and oxygen atoms in total. The lowest BCUT2D eigenvalue weighted by atomic mass is 10.1. The summed E-state index contributed by atoms with van der Waals surface area (Å²) in [6, 6.07) is 17.9. The number of ether oxygens (including phenoxy) is 2. The van der Waals surface area contributed by atoms with Crippen molar-refractivity contribution in [2.75, 3.05) is 13.3 Å². The van der Waals surface area contributed by atoms with E-state index in [1.54, 1.807) is 0 Å². The molecule has 0 radical (unpaired) electrons. The fraction of sp³-hybridized carbons (Fsp3) is 0.300. The summed E-state index contributed by atoms with van der Waals surface area (Å²) in [7, 11) is 0. The van der Waals surface area contributed by atoms with E-state index < -0.39 is 18.4 Å². The van der Waals surface area contributed by atoms with Crippen LogP contribution in [0, 0.1) is 0 Å². The average Bonchev–Trinajstić information content (AvgIpc) is 3.25. The van der Waals surface area contributed by atoms with Gasteiger partial charge in [0, 0.05) is 6.42 Å². The van der Waals surface area contributed by atoms with Crippen LogP contribution in [0.5, 0.6) is 0 Å². The van der Waals surface area contributed by atoms with E-state index in [1.807, 2.05) is 60.7 Å². The minimum Gasteiger partial charge on any atom is -0.445 e. The van der Waals surface area contributed by atoms with Gasteiger partial charge in [-0.1, -0.05) is 60.7 Å². The number of benzene rings is 2. The van der Waals surface area contributed by atoms with Gasteiger partial charge in [0.05, 0.1) is 6.54 Å². The van der Waals surface area contributed by atoms with Gasteiger partial charge in [0.2, 0.25) is 12.2 Å². The topological polar surface area (TPSA) is 95.1 Å². The zero-order chi connectivity index (χ0) is 19.6. The highest BCUT2D eigenvalue weighted by molar-refractivity contribution is 5.85. The zero-order valence-corrected chi connectivity index (χ0v) is 15.2. The van der Waals surface area contributed by atoms with E-state index in [-0.39, 0.29) is 25.9 Å². The maximum Gasteiger partial charge on any atom is 0.408 e. The van der Waals surface area contributed by atoms with Gasteiger partial charge in [0.15, 0.2) is 6.79 Å². The predicted molar refractivity (Wildman–Crippen MR) is 98.6 cm³/mol. The van der Waals surface area contributed by atoms with Crippen molar-refractivity contribution < 1.29 is 28.8 Å². The van der Waals surface area contributed by atoms with E-state index in [0.29, 0.717) is 6.42 Å². The molecule has 0 aromatic heterocycles. The van der Waals surface area contributed by atoms with Crippen LogP contribution in [0.2, 0.25) is 0 Å². The summed E-state index contributed by atoms with van der Waals surface area (Å²) < 4.78 is 10.3. The van der Waals surface area contributed by atoms with Crippen LogP contribution in [-0.2, 0) is 37.1 Å². The van der Waals surface area contributed by atoms with Crippen molar-refractivity contribution >= 4 is 12.0 Å². The standard InChI is InChI=1S/C20H22N2O6/c23-19(21-12-18-26-14-27-28-18)17(11-15-7-3-1-4-8-15)22-20(24)25-13-16-9-5-2-6-10-16/h1-10,17-18H,11-14H2,(H,21,23)(H,22,24)/t17-,18?/m0/s1. The van der Waals surface area contributed by atoms with Gasteiger partial charge in [0.1, 0.15) is 12.6 Å². The molecular formula is C20H22N2O6. The SMILES string of the molecule is O=C(N[C@@H](Cc1ccccc1)C(=O)NCC1OCOO1)OCc1ccccc1. The van der Waals surface area contributed by atoms with E-state index >= 15 is 0 Å². The van der Waals surface area contributed by atoms with Crippen molar-refractivity contribution in [3.63, 3.8) is 0 Å². The third-order valence-electron chi connectivity index (χ3n) is 4.02. The van der Waals surface area contributed by atoms with Crippen molar-refractivity contribution in [1.29, 1.82) is 0 Å². The Balaban J connectivity index is 1.56. The smallest absolute Gasteiger partial charge is 0.408 e. The molecule has 1 unspecified atom stereocenters. The number of rotatable bonds is 8. The lowest BCUT2D eigenvalue weighted by Crippen LogP contribution is -2.49. The molecule has 2 atom stereocenters. The number of carbonyl (C=O) groups is 2. The Morgan fingerprint density at radius 3 is 2.36 bits per heavy atom. The Kier molecular flexibility index (Phi) is 7.36. The predicted octanol–water partition coefficient (Wildman–Crippen LogP) is 1.90. The largest absolute Gasteiger partial charge is 0.445 e. The molecule has 1 fully saturated rings. The van der Waals surface area contributed by atoms with Crippen LogP contribution >= 0.6 is 0 Å². The van der Waals surface area contributed by atoms with Gasteiger partial charge in [-0.15, -0.1) is 0 Å². The van der Waals surface area contributed by atoms with Crippen LogP contribution in [0.15, 0.2) is 60.7 Å². The Morgan fingerprint density at radius 2 is 1.71 bits per heavy atom. The van der Waals surface area contributed by atoms with Crippen molar-refractivity contribution in [2.45, 2.75) is 25.4 Å². The first-order valence-electron chi connectivity index (χ1n) is 8.89. The first-order valence-corrected chi connectivity index (χ1v) is 8.89. The first-order chi connectivity index (χ1) is 13.7. The van der Waals surface area contributed by atoms with E-state index in [2.05, 4.69) is 15.5 Å². The maximum atomic E-state index is 12.6. The molecule has 0 bridgehead atoms. The molecular weight excluding hydrogens is 364 g/mol. The minimum absolute atomic E-state index is 0.0119. The number of nitrogens with one attached hydrogen (secondary N) is 2. The van der Waals surface area contributed by atoms with Crippen LogP contribution in [0.1, 0.15) is 11.1 Å². The number of hydrogen-bond acceptors (Lipinski definition) is 6. The molecule has 8 heteroatoms. The average molecular weight is 386 g/mol. The van der Waals surface area contributed by atoms with Crippen LogP contribution in [-0.4, -0.2) is 37.7 Å². The molecule has 28 heavy (non-hydrogen) atoms. The van der Waals surface area contributed by atoms with Crippen molar-refractivity contribution in [3.8, 4) is 0 Å². The molecule has 2 aromatic rings. The summed E-state index contributed by atoms with van der Waals surface area (Å²) in [6.07, 6.45) is -1.03. The van der Waals surface area contributed by atoms with Crippen LogP contribution in [0.3, 0.4) is 0 Å². The van der Waals surface area contributed by atoms with Crippen molar-refractivity contribution in [3.05, 3.63) is 71.8 Å². The molecule has 1 saturated heterocycles. The van der Waals surface area contributed by atoms with Gasteiger partial charge in [-0.05, 0) is 11.1 Å². The van der Waals surface area contributed by atoms with Crippen molar-refractivity contribution in [1.82, 2.24) is 10.6 Å². The monoisotopic (exact) mass is 386 g/mol. The van der Waals surface area contributed by atoms with Crippen LogP contribution in [0.25, 0.3) is 0 Å². The van der Waals surface area contributed by atoms with Gasteiger partial charge < -0.3 is 20.1 Å². The summed E-state index contributed by atoms with van der Waals surface area (Å²) in [6.45, 7) is 0.232. The Labute approximate surface area is 162 Å². The molecule has 1 aliphatic rings. The molecule has 1 aliphatic heterocycles. The summed E-state index contributed by atoms with van der Waals surface area (Å²) in [5.74, 6) is -0.375. The second-order valence-electron chi connectivity index (χ2n) is 6.12. The third kappa shape index (κ3) is 6.34. The fourth-order valence-corrected chi connectivity index (χ4v) is 2.60. The first kappa shape index (κ1) is 19.8. The highest BCUT2D eigenvalue weighted by Gasteiger charge is 2.24. The lowest BCUT2D eigenvalue weighted by molar-refractivity contribution is -0.275. The Hall–Kier alpha value is -2.94. The molecule has 0 saturated carbocycles. The maximum absolute atomic E-state index is 12.6. The second-order valence-corrected chi connectivity index (χ2v) is 6.12. The number of alkyl carbamates (subject to hydrolysis) is 1. The number of hydrogen-bond donors (Lipinski definition) is 2. The second kappa shape index (κ2) is 10.4. The van der Waals surface area contributed by atoms with Gasteiger partial charge in [-0.3, -0.25) is 4.79 Å². The molecule has 3 rings (SSSR count). The molecule has 2 aromatic carbocycles. The quantitative estimate of drug-likeness (QED) is 0.673. The normalized spacial score (nSPS) is 16.9. The van der Waals surface area contributed by atoms with Crippen molar-refractivity contribution in [2.24, 2.45) is 0 Å². The summed E-state index contributed by atoms with van der Waals surface area (Å²) in [4.78, 5) is 34.2. The van der Waals surface area contributed by atoms with Gasteiger partial charge in [0.25, 0.3) is 0 Å². The number of carbonyl (C=O) groups excluding carboxylic acids is 2. The lowest BCUT2D eigenvalue weighted by Gasteiger charge is -2.19. The molecule has 148 valence electrons. The molecule has 0 spiro atoms. The van der Waals surface area contributed by atoms with Gasteiger partial charge in [-0.2, -0.15) is 0 Å². The summed E-state index contributed by atoms with van der Waals surface area (Å²) in [5, 5.41) is 5.31. The number of amides is 2. The molecule has 2 amide bonds. The highest BCUT2D eigenvalue weighted by Crippen LogP contribution is 2.07. The van der Waals surface area contributed by atoms with E-state index in [9.17, 15) is 9.59 Å². The highest BCUT2D eigenvalue weighted by atomic mass is 17.3. The summed E-state index contributed by atoms with van der Waals surface area (Å²) >= 11 is 0. The van der Waals surface area contributed by atoms with Crippen LogP contribution in [0.4, 0.5) is 4.79 Å². The zero-order valence-electron chi connectivity index (χ0n) is 15.2. The van der Waals surface area contributed by atoms with Gasteiger partial charge in [-0.25, -0.2) is 14.6 Å². The van der Waals surface area contributed by atoms with Crippen LogP contribution < -0.4 is 10.6 Å². The third-order valence-corrected chi connectivity index (χ3v) is 4.02. The fourth-order valence-electron chi connectivity index (χ4n) is 2.60. The minimum atomic E-state index is -0.812.